The van der Waals surface area contributed by atoms with Crippen LogP contribution in [0.5, 0.6) is 0 Å². The molecule has 18 heavy (non-hydrogen) atoms. The highest BCUT2D eigenvalue weighted by molar-refractivity contribution is 5.60. The lowest BCUT2D eigenvalue weighted by Crippen LogP contribution is -2.40. The summed E-state index contributed by atoms with van der Waals surface area (Å²) in [5, 5.41) is 19.5. The third-order valence-electron chi connectivity index (χ3n) is 3.10. The molecule has 1 aliphatic rings. The summed E-state index contributed by atoms with van der Waals surface area (Å²) in [6, 6.07) is 9.93. The van der Waals surface area contributed by atoms with Gasteiger partial charge in [0.2, 0.25) is 0 Å². The van der Waals surface area contributed by atoms with Crippen molar-refractivity contribution in [3.63, 3.8) is 0 Å². The first-order valence-corrected chi connectivity index (χ1v) is 5.63. The summed E-state index contributed by atoms with van der Waals surface area (Å²) in [5.74, 6) is -0.000182. The van der Waals surface area contributed by atoms with Crippen molar-refractivity contribution in [2.24, 2.45) is 0 Å². The van der Waals surface area contributed by atoms with Gasteiger partial charge in [-0.3, -0.25) is 4.90 Å². The smallest absolute Gasteiger partial charge is 0.192 e. The number of aliphatic hydroxyl groups is 1. The molecule has 3 heteroatoms. The number of aliphatic hydroxyl groups excluding tert-OH is 1. The molecule has 1 aromatic rings. The van der Waals surface area contributed by atoms with Gasteiger partial charge in [-0.25, -0.2) is 0 Å². The van der Waals surface area contributed by atoms with Crippen molar-refractivity contribution in [3.8, 4) is 6.07 Å². The Morgan fingerprint density at radius 2 is 2.22 bits per heavy atom. The van der Waals surface area contributed by atoms with E-state index in [1.165, 1.54) is 17.1 Å². The highest BCUT2D eigenvalue weighted by atomic mass is 16.3. The van der Waals surface area contributed by atoms with E-state index in [9.17, 15) is 10.4 Å². The van der Waals surface area contributed by atoms with Crippen LogP contribution in [0.15, 0.2) is 55.1 Å². The molecule has 0 spiro atoms. The number of rotatable bonds is 2. The molecule has 2 rings (SSSR count). The number of hydrogen-bond acceptors (Lipinski definition) is 3. The Hall–Kier alpha value is -2.47. The van der Waals surface area contributed by atoms with E-state index >= 15 is 0 Å². The van der Waals surface area contributed by atoms with Crippen LogP contribution in [0.2, 0.25) is 0 Å². The van der Waals surface area contributed by atoms with E-state index in [0.29, 0.717) is 0 Å². The minimum atomic E-state index is -0.922. The van der Waals surface area contributed by atoms with Gasteiger partial charge in [0, 0.05) is 6.20 Å². The molecule has 1 unspecified atom stereocenters. The van der Waals surface area contributed by atoms with Crippen molar-refractivity contribution in [2.45, 2.75) is 12.5 Å². The SMILES string of the molecule is C=C/C=C(\O)N1C=Cc2ccccc2C1(C)C#N. The Morgan fingerprint density at radius 1 is 1.50 bits per heavy atom. The summed E-state index contributed by atoms with van der Waals surface area (Å²) >= 11 is 0. The molecular weight excluding hydrogens is 224 g/mol. The van der Waals surface area contributed by atoms with Crippen LogP contribution < -0.4 is 0 Å². The van der Waals surface area contributed by atoms with Gasteiger partial charge < -0.3 is 5.11 Å². The van der Waals surface area contributed by atoms with Crippen LogP contribution in [0.4, 0.5) is 0 Å². The molecule has 1 N–H and O–H groups in total. The molecule has 1 heterocycles. The normalized spacial score (nSPS) is 22.2. The first kappa shape index (κ1) is 12.0. The Balaban J connectivity index is 2.60. The number of fused-ring (bicyclic) bond motifs is 1. The largest absolute Gasteiger partial charge is 0.494 e. The van der Waals surface area contributed by atoms with Crippen molar-refractivity contribution >= 4 is 6.08 Å². The second kappa shape index (κ2) is 4.42. The van der Waals surface area contributed by atoms with Crippen LogP contribution in [0.1, 0.15) is 18.1 Å². The second-order valence-corrected chi connectivity index (χ2v) is 4.22. The number of hydrogen-bond donors (Lipinski definition) is 1. The lowest BCUT2D eigenvalue weighted by atomic mass is 9.85. The Kier molecular flexibility index (Phi) is 2.95. The van der Waals surface area contributed by atoms with Crippen molar-refractivity contribution in [3.05, 3.63) is 66.2 Å². The summed E-state index contributed by atoms with van der Waals surface area (Å²) in [6.45, 7) is 5.32. The number of allylic oxidation sites excluding steroid dienone is 2. The van der Waals surface area contributed by atoms with Crippen LogP contribution in [0, 0.1) is 11.3 Å². The minimum Gasteiger partial charge on any atom is -0.494 e. The van der Waals surface area contributed by atoms with Gasteiger partial charge >= 0.3 is 0 Å². The van der Waals surface area contributed by atoms with Gasteiger partial charge in [-0.15, -0.1) is 0 Å². The predicted octanol–water partition coefficient (Wildman–Crippen LogP) is 3.30. The third-order valence-corrected chi connectivity index (χ3v) is 3.10. The average molecular weight is 238 g/mol. The van der Waals surface area contributed by atoms with E-state index in [2.05, 4.69) is 12.6 Å². The minimum absolute atomic E-state index is 0.000182. The molecule has 3 nitrogen and oxygen atoms in total. The highest BCUT2D eigenvalue weighted by Crippen LogP contribution is 2.37. The first-order chi connectivity index (χ1) is 8.63. The van der Waals surface area contributed by atoms with E-state index in [-0.39, 0.29) is 5.88 Å². The van der Waals surface area contributed by atoms with Crippen LogP contribution in [-0.2, 0) is 5.54 Å². The quantitative estimate of drug-likeness (QED) is 0.635. The molecule has 0 saturated carbocycles. The van der Waals surface area contributed by atoms with Crippen molar-refractivity contribution in [1.82, 2.24) is 4.90 Å². The monoisotopic (exact) mass is 238 g/mol. The summed E-state index contributed by atoms with van der Waals surface area (Å²) in [4.78, 5) is 1.54. The molecule has 90 valence electrons. The molecule has 0 aliphatic carbocycles. The summed E-state index contributed by atoms with van der Waals surface area (Å²) in [6.07, 6.45) is 6.54. The van der Waals surface area contributed by atoms with Gasteiger partial charge in [0.25, 0.3) is 0 Å². The highest BCUT2D eigenvalue weighted by Gasteiger charge is 2.37. The van der Waals surface area contributed by atoms with Crippen LogP contribution in [0.3, 0.4) is 0 Å². The average Bonchev–Trinajstić information content (AvgIpc) is 2.39. The zero-order valence-corrected chi connectivity index (χ0v) is 10.2. The predicted molar refractivity (Wildman–Crippen MR) is 71.2 cm³/mol. The summed E-state index contributed by atoms with van der Waals surface area (Å²) in [5.41, 5.74) is 0.942. The van der Waals surface area contributed by atoms with Gasteiger partial charge in [0.1, 0.15) is 0 Å². The molecule has 1 aliphatic heterocycles. The molecule has 0 radical (unpaired) electrons. The zero-order valence-electron chi connectivity index (χ0n) is 10.2. The summed E-state index contributed by atoms with van der Waals surface area (Å²) < 4.78 is 0. The number of nitrogens with zero attached hydrogens (tertiary/aromatic N) is 2. The van der Waals surface area contributed by atoms with E-state index in [0.717, 1.165) is 11.1 Å². The van der Waals surface area contributed by atoms with E-state index in [1.807, 2.05) is 30.3 Å². The fraction of sp³-hybridized carbons (Fsp3) is 0.133. The van der Waals surface area contributed by atoms with Gasteiger partial charge in [0.05, 0.1) is 6.07 Å². The zero-order chi connectivity index (χ0) is 13.2. The van der Waals surface area contributed by atoms with Crippen molar-refractivity contribution in [1.29, 1.82) is 5.26 Å². The maximum atomic E-state index is 9.98. The maximum absolute atomic E-state index is 9.98. The number of nitriles is 1. The van der Waals surface area contributed by atoms with E-state index in [4.69, 9.17) is 0 Å². The Bertz CT molecular complexity index is 580. The standard InChI is InChI=1S/C15H14N2O/c1-3-6-14(18)17-10-9-12-7-4-5-8-13(12)15(17,2)11-16/h3-10,18H,1H2,2H3/b14-6-. The van der Waals surface area contributed by atoms with Crippen LogP contribution in [-0.4, -0.2) is 10.0 Å². The van der Waals surface area contributed by atoms with E-state index in [1.54, 1.807) is 13.1 Å². The molecule has 0 saturated heterocycles. The fourth-order valence-electron chi connectivity index (χ4n) is 2.12. The fourth-order valence-corrected chi connectivity index (χ4v) is 2.12. The summed E-state index contributed by atoms with van der Waals surface area (Å²) in [7, 11) is 0. The van der Waals surface area contributed by atoms with Crippen molar-refractivity contribution < 1.29 is 5.11 Å². The first-order valence-electron chi connectivity index (χ1n) is 5.63. The molecule has 0 bridgehead atoms. The Labute approximate surface area is 107 Å². The lowest BCUT2D eigenvalue weighted by Gasteiger charge is -2.38. The van der Waals surface area contributed by atoms with Crippen LogP contribution >= 0.6 is 0 Å². The second-order valence-electron chi connectivity index (χ2n) is 4.22. The Morgan fingerprint density at radius 3 is 2.89 bits per heavy atom. The molecule has 0 fully saturated rings. The van der Waals surface area contributed by atoms with E-state index < -0.39 is 5.54 Å². The van der Waals surface area contributed by atoms with Crippen LogP contribution in [0.25, 0.3) is 6.08 Å². The maximum Gasteiger partial charge on any atom is 0.192 e. The van der Waals surface area contributed by atoms with Gasteiger partial charge in [-0.2, -0.15) is 5.26 Å². The number of benzene rings is 1. The van der Waals surface area contributed by atoms with Gasteiger partial charge in [-0.1, -0.05) is 36.9 Å². The topological polar surface area (TPSA) is 47.3 Å². The molecule has 1 atom stereocenters. The lowest BCUT2D eigenvalue weighted by molar-refractivity contribution is 0.171. The third kappa shape index (κ3) is 1.68. The van der Waals surface area contributed by atoms with Gasteiger partial charge in [-0.05, 0) is 30.2 Å². The van der Waals surface area contributed by atoms with Crippen molar-refractivity contribution in [2.75, 3.05) is 0 Å². The van der Waals surface area contributed by atoms with Gasteiger partial charge in [0.15, 0.2) is 11.4 Å². The molecule has 0 aromatic heterocycles. The molecule has 0 amide bonds. The molecular formula is C15H14N2O. The molecule has 1 aromatic carbocycles.